The Kier molecular flexibility index (Phi) is 1.80. The van der Waals surface area contributed by atoms with Gasteiger partial charge >= 0.3 is 0 Å². The molecule has 9 heavy (non-hydrogen) atoms. The topological polar surface area (TPSA) is 20.2 Å². The van der Waals surface area contributed by atoms with Gasteiger partial charge in [-0.25, -0.2) is 4.39 Å². The largest absolute Gasteiger partial charge is 0.392 e. The fourth-order valence-corrected chi connectivity index (χ4v) is 0.590. The number of hydrogen-bond acceptors (Lipinski definition) is 1. The van der Waals surface area contributed by atoms with Gasteiger partial charge in [-0.15, -0.1) is 0 Å². The molecule has 0 unspecified atom stereocenters. The van der Waals surface area contributed by atoms with Crippen molar-refractivity contribution >= 4 is 0 Å². The summed E-state index contributed by atoms with van der Waals surface area (Å²) in [6.07, 6.45) is 0. The minimum Gasteiger partial charge on any atom is -0.392 e. The zero-order valence-corrected chi connectivity index (χ0v) is 4.84. The smallest absolute Gasteiger partial charge is 0.123 e. The van der Waals surface area contributed by atoms with Gasteiger partial charge in [-0.3, -0.25) is 0 Å². The van der Waals surface area contributed by atoms with E-state index in [1.54, 1.807) is 12.1 Å². The fraction of sp³-hybridized carbons (Fsp3) is 0.143. The Hall–Kier alpha value is -0.890. The molecule has 1 rings (SSSR count). The van der Waals surface area contributed by atoms with Crippen LogP contribution in [0, 0.1) is 5.82 Å². The molecular weight excluding hydrogens is 118 g/mol. The van der Waals surface area contributed by atoms with E-state index in [2.05, 4.69) is 0 Å². The summed E-state index contributed by atoms with van der Waals surface area (Å²) in [6, 6.07) is 5.75. The summed E-state index contributed by atoms with van der Waals surface area (Å²) in [4.78, 5) is 0. The van der Waals surface area contributed by atoms with Gasteiger partial charge in [0, 0.05) is 0 Å². The zero-order valence-electron chi connectivity index (χ0n) is 4.84. The molecule has 0 amide bonds. The van der Waals surface area contributed by atoms with Crippen LogP contribution in [0.1, 0.15) is 5.56 Å². The van der Waals surface area contributed by atoms with Gasteiger partial charge < -0.3 is 5.11 Å². The lowest BCUT2D eigenvalue weighted by molar-refractivity contribution is 0.281. The van der Waals surface area contributed by atoms with Crippen molar-refractivity contribution in [2.75, 3.05) is 0 Å². The van der Waals surface area contributed by atoms with Gasteiger partial charge in [-0.2, -0.15) is 0 Å². The van der Waals surface area contributed by atoms with E-state index in [1.165, 1.54) is 12.1 Å². The van der Waals surface area contributed by atoms with E-state index in [1.807, 2.05) is 0 Å². The average molecular weight is 125 g/mol. The first-order valence-corrected chi connectivity index (χ1v) is 2.68. The molecule has 0 aliphatic heterocycles. The van der Waals surface area contributed by atoms with Crippen molar-refractivity contribution in [3.63, 3.8) is 0 Å². The van der Waals surface area contributed by atoms with Gasteiger partial charge in [0.15, 0.2) is 0 Å². The van der Waals surface area contributed by atoms with E-state index in [9.17, 15) is 4.39 Å². The predicted octanol–water partition coefficient (Wildman–Crippen LogP) is 1.32. The van der Waals surface area contributed by atoms with Gasteiger partial charge in [-0.05, 0) is 17.7 Å². The molecule has 0 radical (unpaired) electrons. The normalized spacial score (nSPS) is 9.56. The molecule has 0 bridgehead atoms. The van der Waals surface area contributed by atoms with Gasteiger partial charge in [0.2, 0.25) is 0 Å². The highest BCUT2D eigenvalue weighted by molar-refractivity contribution is 5.14. The van der Waals surface area contributed by atoms with Gasteiger partial charge in [0.05, 0.1) is 6.61 Å². The van der Waals surface area contributed by atoms with E-state index in [0.717, 1.165) is 5.56 Å². The second-order valence-electron chi connectivity index (χ2n) is 1.78. The van der Waals surface area contributed by atoms with E-state index in [4.69, 9.17) is 5.11 Å². The summed E-state index contributed by atoms with van der Waals surface area (Å²) < 4.78 is 12.1. The third kappa shape index (κ3) is 1.50. The van der Waals surface area contributed by atoms with Crippen LogP contribution in [0.4, 0.5) is 4.39 Å². The molecule has 48 valence electrons. The van der Waals surface area contributed by atoms with Crippen LogP contribution in [-0.2, 0) is 6.61 Å². The van der Waals surface area contributed by atoms with E-state index >= 15 is 0 Å². The zero-order chi connectivity index (χ0) is 6.69. The Morgan fingerprint density at radius 2 is 1.78 bits per heavy atom. The second-order valence-corrected chi connectivity index (χ2v) is 1.78. The summed E-state index contributed by atoms with van der Waals surface area (Å²) in [5.74, 6) is -0.271. The fourth-order valence-electron chi connectivity index (χ4n) is 0.590. The third-order valence-corrected chi connectivity index (χ3v) is 1.10. The quantitative estimate of drug-likeness (QED) is 0.600. The van der Waals surface area contributed by atoms with Crippen molar-refractivity contribution in [3.8, 4) is 0 Å². The van der Waals surface area contributed by atoms with Crippen LogP contribution in [-0.4, -0.2) is 5.11 Å². The van der Waals surface area contributed by atoms with Crippen LogP contribution in [0.2, 0.25) is 0 Å². The Morgan fingerprint density at radius 1 is 1.22 bits per heavy atom. The first-order valence-electron chi connectivity index (χ1n) is 2.68. The number of benzene rings is 1. The maximum absolute atomic E-state index is 12.1. The summed E-state index contributed by atoms with van der Waals surface area (Å²) >= 11 is 0. The first-order chi connectivity index (χ1) is 4.33. The van der Waals surface area contributed by atoms with Crippen molar-refractivity contribution < 1.29 is 9.50 Å². The molecular formula is C7H7FO. The van der Waals surface area contributed by atoms with Gasteiger partial charge in [0.25, 0.3) is 0 Å². The summed E-state index contributed by atoms with van der Waals surface area (Å²) in [5, 5.41) is 8.51. The van der Waals surface area contributed by atoms with Crippen molar-refractivity contribution in [1.29, 1.82) is 0 Å². The van der Waals surface area contributed by atoms with Crippen LogP contribution >= 0.6 is 0 Å². The van der Waals surface area contributed by atoms with Crippen molar-refractivity contribution in [2.24, 2.45) is 0 Å². The Labute approximate surface area is 52.8 Å². The number of rotatable bonds is 1. The van der Waals surface area contributed by atoms with Crippen molar-refractivity contribution in [3.05, 3.63) is 35.6 Å². The van der Waals surface area contributed by atoms with E-state index in [0.29, 0.717) is 0 Å². The minimum absolute atomic E-state index is 0.0275. The molecule has 0 aliphatic rings. The molecule has 0 atom stereocenters. The Bertz CT molecular complexity index is 181. The summed E-state index contributed by atoms with van der Waals surface area (Å²) in [5.41, 5.74) is 0.733. The molecule has 0 spiro atoms. The molecule has 2 heteroatoms. The van der Waals surface area contributed by atoms with Gasteiger partial charge in [-0.1, -0.05) is 12.1 Å². The molecule has 0 saturated heterocycles. The Balaban J connectivity index is 2.88. The Morgan fingerprint density at radius 3 is 2.22 bits per heavy atom. The van der Waals surface area contributed by atoms with E-state index < -0.39 is 0 Å². The van der Waals surface area contributed by atoms with Crippen LogP contribution in [0.5, 0.6) is 0 Å². The van der Waals surface area contributed by atoms with Crippen molar-refractivity contribution in [2.45, 2.75) is 6.61 Å². The molecule has 1 N–H and O–H groups in total. The summed E-state index contributed by atoms with van der Waals surface area (Å²) in [7, 11) is 0. The first kappa shape index (κ1) is 6.23. The summed E-state index contributed by atoms with van der Waals surface area (Å²) in [6.45, 7) is -0.0275. The molecule has 1 aromatic rings. The highest BCUT2D eigenvalue weighted by atomic mass is 18.2. The highest BCUT2D eigenvalue weighted by Gasteiger charge is 1.88. The number of hydrogen-bond donors (Lipinski definition) is 1. The molecule has 0 fully saturated rings. The third-order valence-electron chi connectivity index (χ3n) is 1.10. The van der Waals surface area contributed by atoms with Crippen LogP contribution < -0.4 is 0 Å². The lowest BCUT2D eigenvalue weighted by Gasteiger charge is -1.91. The standard InChI is InChI=1S/C7H7FO/c8-7-3-1-6(5-9)2-4-7/h1-4,9H,5H2/i8-1. The molecule has 0 aliphatic carbocycles. The molecule has 1 aromatic carbocycles. The molecule has 0 heterocycles. The molecule has 0 saturated carbocycles. The van der Waals surface area contributed by atoms with Gasteiger partial charge in [0.1, 0.15) is 5.82 Å². The number of aliphatic hydroxyl groups excluding tert-OH is 1. The molecule has 0 aromatic heterocycles. The SMILES string of the molecule is OCc1ccc([18F])cc1. The van der Waals surface area contributed by atoms with Crippen molar-refractivity contribution in [1.82, 2.24) is 0 Å². The lowest BCUT2D eigenvalue weighted by Crippen LogP contribution is -1.81. The maximum Gasteiger partial charge on any atom is 0.123 e. The molecule has 1 nitrogen and oxygen atoms in total. The number of aliphatic hydroxyl groups is 1. The predicted molar refractivity (Wildman–Crippen MR) is 32.3 cm³/mol. The average Bonchev–Trinajstić information content (AvgIpc) is 1.90. The van der Waals surface area contributed by atoms with Crippen LogP contribution in [0.25, 0.3) is 0 Å². The van der Waals surface area contributed by atoms with Crippen LogP contribution in [0.3, 0.4) is 0 Å². The monoisotopic (exact) mass is 125 g/mol. The second kappa shape index (κ2) is 2.60. The number of halogens is 1. The maximum atomic E-state index is 12.1. The van der Waals surface area contributed by atoms with Crippen LogP contribution in [0.15, 0.2) is 24.3 Å². The van der Waals surface area contributed by atoms with E-state index in [-0.39, 0.29) is 12.4 Å². The lowest BCUT2D eigenvalue weighted by atomic mass is 10.2. The highest BCUT2D eigenvalue weighted by Crippen LogP contribution is 2.00. The minimum atomic E-state index is -0.271.